The maximum atomic E-state index is 13.1. The van der Waals surface area contributed by atoms with Crippen LogP contribution in [0.1, 0.15) is 121 Å². The first-order valence-corrected chi connectivity index (χ1v) is 13.3. The number of carbonyl (C=O) groups is 2. The fourth-order valence-electron chi connectivity index (χ4n) is 5.72. The molecular formula is C28H37N3O3. The summed E-state index contributed by atoms with van der Waals surface area (Å²) in [6.07, 6.45) is 14.2. The third-order valence-corrected chi connectivity index (χ3v) is 7.93. The summed E-state index contributed by atoms with van der Waals surface area (Å²) in [5.74, 6) is 1.97. The first-order valence-electron chi connectivity index (χ1n) is 13.3. The highest BCUT2D eigenvalue weighted by Crippen LogP contribution is 2.40. The minimum absolute atomic E-state index is 0.0216. The highest BCUT2D eigenvalue weighted by atomic mass is 16.5. The van der Waals surface area contributed by atoms with Gasteiger partial charge in [-0.3, -0.25) is 9.59 Å². The number of nitrogens with one attached hydrogen (secondary N) is 2. The van der Waals surface area contributed by atoms with Crippen molar-refractivity contribution in [2.24, 2.45) is 11.8 Å². The third-order valence-electron chi connectivity index (χ3n) is 7.93. The maximum absolute atomic E-state index is 13.1. The first kappa shape index (κ1) is 23.1. The molecule has 2 amide bonds. The van der Waals surface area contributed by atoms with E-state index in [2.05, 4.69) is 15.8 Å². The van der Waals surface area contributed by atoms with E-state index in [0.717, 1.165) is 43.6 Å². The summed E-state index contributed by atoms with van der Waals surface area (Å²) in [4.78, 5) is 26.0. The number of nitrogens with zero attached hydrogens (tertiary/aromatic N) is 1. The zero-order valence-corrected chi connectivity index (χ0v) is 20.1. The molecule has 0 spiro atoms. The number of hydrogen-bond donors (Lipinski definition) is 2. The Labute approximate surface area is 202 Å². The lowest BCUT2D eigenvalue weighted by Gasteiger charge is -2.31. The minimum Gasteiger partial charge on any atom is -0.360 e. The largest absolute Gasteiger partial charge is 0.360 e. The Morgan fingerprint density at radius 2 is 1.65 bits per heavy atom. The standard InChI is InChI=1S/C28H37N3O3/c32-27(29-18-19-8-3-1-4-9-19)23-13-7-12-22(16-23)26(21-10-5-2-6-11-21)30-28(33)24-17-25(34-31-24)20-14-15-20/h7,12-13,16-17,19-21,26H,1-6,8-11,14-15,18H2,(H,29,32)(H,30,33). The molecule has 0 bridgehead atoms. The Kier molecular flexibility index (Phi) is 7.31. The fourth-order valence-corrected chi connectivity index (χ4v) is 5.72. The van der Waals surface area contributed by atoms with Gasteiger partial charge in [0.05, 0.1) is 6.04 Å². The number of amides is 2. The first-order chi connectivity index (χ1) is 16.7. The minimum atomic E-state index is -0.196. The molecule has 0 radical (unpaired) electrons. The summed E-state index contributed by atoms with van der Waals surface area (Å²) in [6.45, 7) is 0.751. The van der Waals surface area contributed by atoms with Crippen LogP contribution in [0.25, 0.3) is 0 Å². The highest BCUT2D eigenvalue weighted by Gasteiger charge is 2.31. The predicted molar refractivity (Wildman–Crippen MR) is 131 cm³/mol. The van der Waals surface area contributed by atoms with E-state index in [9.17, 15) is 9.59 Å². The average molecular weight is 464 g/mol. The lowest BCUT2D eigenvalue weighted by molar-refractivity contribution is 0.0903. The Balaban J connectivity index is 1.30. The van der Waals surface area contributed by atoms with Gasteiger partial charge in [0.1, 0.15) is 5.76 Å². The van der Waals surface area contributed by atoms with E-state index in [1.54, 1.807) is 6.07 Å². The van der Waals surface area contributed by atoms with E-state index >= 15 is 0 Å². The Hall–Kier alpha value is -2.63. The second-order valence-electron chi connectivity index (χ2n) is 10.6. The van der Waals surface area contributed by atoms with Gasteiger partial charge in [-0.2, -0.15) is 0 Å². The molecule has 6 heteroatoms. The highest BCUT2D eigenvalue weighted by molar-refractivity contribution is 5.94. The van der Waals surface area contributed by atoms with E-state index in [1.165, 1.54) is 51.4 Å². The van der Waals surface area contributed by atoms with E-state index in [0.29, 0.717) is 29.0 Å². The van der Waals surface area contributed by atoms with Crippen LogP contribution in [0.5, 0.6) is 0 Å². The summed E-state index contributed by atoms with van der Waals surface area (Å²) >= 11 is 0. The molecule has 1 aromatic carbocycles. The predicted octanol–water partition coefficient (Wildman–Crippen LogP) is 5.91. The van der Waals surface area contributed by atoms with Gasteiger partial charge in [-0.25, -0.2) is 0 Å². The van der Waals surface area contributed by atoms with Crippen LogP contribution >= 0.6 is 0 Å². The molecule has 5 rings (SSSR count). The van der Waals surface area contributed by atoms with Crippen molar-refractivity contribution in [3.63, 3.8) is 0 Å². The van der Waals surface area contributed by atoms with Crippen molar-refractivity contribution >= 4 is 11.8 Å². The van der Waals surface area contributed by atoms with Crippen molar-refractivity contribution in [1.82, 2.24) is 15.8 Å². The molecule has 0 saturated heterocycles. The van der Waals surface area contributed by atoms with Crippen LogP contribution in [0.3, 0.4) is 0 Å². The SMILES string of the molecule is O=C(NCC1CCCCC1)c1cccc(C(NC(=O)c2cc(C3CC3)on2)C2CCCCC2)c1. The summed E-state index contributed by atoms with van der Waals surface area (Å²) in [5.41, 5.74) is 2.02. The van der Waals surface area contributed by atoms with E-state index in [4.69, 9.17) is 4.52 Å². The monoisotopic (exact) mass is 463 g/mol. The molecule has 1 unspecified atom stereocenters. The lowest BCUT2D eigenvalue weighted by Crippen LogP contribution is -2.35. The van der Waals surface area contributed by atoms with Gasteiger partial charge in [-0.1, -0.05) is 55.8 Å². The maximum Gasteiger partial charge on any atom is 0.273 e. The average Bonchev–Trinajstić information content (AvgIpc) is 3.63. The van der Waals surface area contributed by atoms with Crippen molar-refractivity contribution in [3.8, 4) is 0 Å². The van der Waals surface area contributed by atoms with Crippen molar-refractivity contribution < 1.29 is 14.1 Å². The van der Waals surface area contributed by atoms with Gasteiger partial charge in [-0.05, 0) is 68.1 Å². The molecule has 3 aliphatic rings. The van der Waals surface area contributed by atoms with Gasteiger partial charge >= 0.3 is 0 Å². The molecule has 1 aromatic heterocycles. The molecule has 1 heterocycles. The van der Waals surface area contributed by atoms with Gasteiger partial charge in [0, 0.05) is 24.1 Å². The third kappa shape index (κ3) is 5.70. The quantitative estimate of drug-likeness (QED) is 0.509. The van der Waals surface area contributed by atoms with E-state index in [1.807, 2.05) is 24.3 Å². The molecule has 3 fully saturated rings. The Morgan fingerprint density at radius 1 is 0.912 bits per heavy atom. The Bertz CT molecular complexity index is 984. The molecule has 3 aliphatic carbocycles. The normalized spacial score (nSPS) is 20.6. The fraction of sp³-hybridized carbons (Fsp3) is 0.607. The van der Waals surface area contributed by atoms with Crippen LogP contribution in [0.15, 0.2) is 34.9 Å². The van der Waals surface area contributed by atoms with Crippen LogP contribution < -0.4 is 10.6 Å². The number of carbonyl (C=O) groups excluding carboxylic acids is 2. The van der Waals surface area contributed by atoms with Crippen LogP contribution in [0.4, 0.5) is 0 Å². The van der Waals surface area contributed by atoms with Gasteiger partial charge in [-0.15, -0.1) is 0 Å². The number of hydrogen-bond acceptors (Lipinski definition) is 4. The van der Waals surface area contributed by atoms with Gasteiger partial charge < -0.3 is 15.2 Å². The van der Waals surface area contributed by atoms with Crippen LogP contribution in [0, 0.1) is 11.8 Å². The molecular weight excluding hydrogens is 426 g/mol. The van der Waals surface area contributed by atoms with Crippen LogP contribution in [-0.4, -0.2) is 23.5 Å². The molecule has 2 N–H and O–H groups in total. The van der Waals surface area contributed by atoms with E-state index in [-0.39, 0.29) is 17.9 Å². The van der Waals surface area contributed by atoms with Gasteiger partial charge in [0.15, 0.2) is 5.69 Å². The van der Waals surface area contributed by atoms with Crippen LogP contribution in [-0.2, 0) is 0 Å². The number of benzene rings is 1. The molecule has 3 saturated carbocycles. The summed E-state index contributed by atoms with van der Waals surface area (Å²) < 4.78 is 5.41. The molecule has 182 valence electrons. The molecule has 34 heavy (non-hydrogen) atoms. The van der Waals surface area contributed by atoms with Gasteiger partial charge in [0.2, 0.25) is 0 Å². The van der Waals surface area contributed by atoms with Crippen molar-refractivity contribution in [3.05, 3.63) is 52.9 Å². The van der Waals surface area contributed by atoms with Gasteiger partial charge in [0.25, 0.3) is 11.8 Å². The second kappa shape index (κ2) is 10.7. The zero-order chi connectivity index (χ0) is 23.3. The molecule has 6 nitrogen and oxygen atoms in total. The number of aromatic nitrogens is 1. The summed E-state index contributed by atoms with van der Waals surface area (Å²) in [5, 5.41) is 10.4. The molecule has 0 aliphatic heterocycles. The smallest absolute Gasteiger partial charge is 0.273 e. The Morgan fingerprint density at radius 3 is 2.38 bits per heavy atom. The van der Waals surface area contributed by atoms with E-state index < -0.39 is 0 Å². The topological polar surface area (TPSA) is 84.2 Å². The van der Waals surface area contributed by atoms with Crippen molar-refractivity contribution in [2.45, 2.75) is 89.0 Å². The second-order valence-corrected chi connectivity index (χ2v) is 10.6. The summed E-state index contributed by atoms with van der Waals surface area (Å²) in [6, 6.07) is 9.47. The zero-order valence-electron chi connectivity index (χ0n) is 20.1. The van der Waals surface area contributed by atoms with Crippen LogP contribution in [0.2, 0.25) is 0 Å². The lowest BCUT2D eigenvalue weighted by atomic mass is 9.80. The van der Waals surface area contributed by atoms with Crippen molar-refractivity contribution in [1.29, 1.82) is 0 Å². The summed E-state index contributed by atoms with van der Waals surface area (Å²) in [7, 11) is 0. The number of rotatable bonds is 8. The molecule has 1 atom stereocenters. The molecule has 2 aromatic rings. The van der Waals surface area contributed by atoms with Crippen molar-refractivity contribution in [2.75, 3.05) is 6.54 Å².